The van der Waals surface area contributed by atoms with Gasteiger partial charge in [0.2, 0.25) is 0 Å². The maximum Gasteiger partial charge on any atom is 0.255 e. The molecule has 0 fully saturated rings. The van der Waals surface area contributed by atoms with E-state index < -0.39 is 0 Å². The summed E-state index contributed by atoms with van der Waals surface area (Å²) in [6, 6.07) is 13.8. The van der Waals surface area contributed by atoms with Gasteiger partial charge in [-0.15, -0.1) is 12.4 Å². The number of nitrogens with zero attached hydrogens (tertiary/aromatic N) is 2. The second kappa shape index (κ2) is 11.4. The second-order valence-corrected chi connectivity index (χ2v) is 6.68. The Balaban J connectivity index is 0.00000320. The summed E-state index contributed by atoms with van der Waals surface area (Å²) in [5, 5.41) is 10.7. The summed E-state index contributed by atoms with van der Waals surface area (Å²) in [6.07, 6.45) is 1.68. The Labute approximate surface area is 181 Å². The zero-order chi connectivity index (χ0) is 20.6. The summed E-state index contributed by atoms with van der Waals surface area (Å²) >= 11 is 0. The van der Waals surface area contributed by atoms with Gasteiger partial charge in [-0.1, -0.05) is 29.8 Å². The molecule has 0 unspecified atom stereocenters. The SMILES string of the molecule is COCCNCCNC(=O)c1cn(-c2ccc(F)cc2)nc1-c1ccc(C)cc1.Cl. The first-order valence-electron chi connectivity index (χ1n) is 9.49. The highest BCUT2D eigenvalue weighted by Crippen LogP contribution is 2.24. The molecule has 0 aliphatic heterocycles. The molecule has 3 rings (SSSR count). The lowest BCUT2D eigenvalue weighted by molar-refractivity contribution is 0.0954. The van der Waals surface area contributed by atoms with Gasteiger partial charge in [0.25, 0.3) is 5.91 Å². The molecule has 1 heterocycles. The topological polar surface area (TPSA) is 68.2 Å². The minimum absolute atomic E-state index is 0. The van der Waals surface area contributed by atoms with Crippen molar-refractivity contribution < 1.29 is 13.9 Å². The number of methoxy groups -OCH3 is 1. The Bertz CT molecular complexity index is 943. The fourth-order valence-electron chi connectivity index (χ4n) is 2.85. The van der Waals surface area contributed by atoms with E-state index >= 15 is 0 Å². The molecule has 0 bridgehead atoms. The second-order valence-electron chi connectivity index (χ2n) is 6.68. The maximum atomic E-state index is 13.3. The van der Waals surface area contributed by atoms with Crippen LogP contribution in [-0.4, -0.2) is 49.0 Å². The number of aryl methyl sites for hydroxylation is 1. The average Bonchev–Trinajstić information content (AvgIpc) is 3.17. The zero-order valence-corrected chi connectivity index (χ0v) is 17.8. The number of nitrogens with one attached hydrogen (secondary N) is 2. The van der Waals surface area contributed by atoms with Crippen molar-refractivity contribution in [2.45, 2.75) is 6.92 Å². The predicted octanol–water partition coefficient (Wildman–Crippen LogP) is 3.37. The van der Waals surface area contributed by atoms with Gasteiger partial charge in [0.1, 0.15) is 11.5 Å². The summed E-state index contributed by atoms with van der Waals surface area (Å²) in [6.45, 7) is 4.48. The van der Waals surface area contributed by atoms with E-state index in [1.165, 1.54) is 12.1 Å². The van der Waals surface area contributed by atoms with Gasteiger partial charge < -0.3 is 15.4 Å². The van der Waals surface area contributed by atoms with Crippen molar-refractivity contribution in [3.63, 3.8) is 0 Å². The highest BCUT2D eigenvalue weighted by molar-refractivity contribution is 5.99. The molecule has 160 valence electrons. The first kappa shape index (κ1) is 23.5. The number of aromatic nitrogens is 2. The van der Waals surface area contributed by atoms with Crippen LogP contribution in [0.3, 0.4) is 0 Å². The van der Waals surface area contributed by atoms with E-state index in [9.17, 15) is 9.18 Å². The van der Waals surface area contributed by atoms with E-state index in [2.05, 4.69) is 15.7 Å². The smallest absolute Gasteiger partial charge is 0.255 e. The van der Waals surface area contributed by atoms with Crippen molar-refractivity contribution in [1.29, 1.82) is 0 Å². The molecule has 0 aliphatic rings. The average molecular weight is 433 g/mol. The quantitative estimate of drug-likeness (QED) is 0.509. The number of hydrogen-bond acceptors (Lipinski definition) is 4. The van der Waals surface area contributed by atoms with Crippen LogP contribution >= 0.6 is 12.4 Å². The van der Waals surface area contributed by atoms with E-state index in [1.807, 2.05) is 31.2 Å². The maximum absolute atomic E-state index is 13.3. The molecule has 8 heteroatoms. The van der Waals surface area contributed by atoms with Crippen molar-refractivity contribution in [2.24, 2.45) is 0 Å². The molecule has 1 aromatic heterocycles. The van der Waals surface area contributed by atoms with Crippen molar-refractivity contribution in [1.82, 2.24) is 20.4 Å². The van der Waals surface area contributed by atoms with Crippen LogP contribution in [0.5, 0.6) is 0 Å². The summed E-state index contributed by atoms with van der Waals surface area (Å²) in [7, 11) is 1.65. The first-order chi connectivity index (χ1) is 14.1. The van der Waals surface area contributed by atoms with E-state index in [0.29, 0.717) is 36.6 Å². The highest BCUT2D eigenvalue weighted by Gasteiger charge is 2.18. The molecule has 0 radical (unpaired) electrons. The lowest BCUT2D eigenvalue weighted by Crippen LogP contribution is -2.33. The van der Waals surface area contributed by atoms with E-state index in [4.69, 9.17) is 4.74 Å². The summed E-state index contributed by atoms with van der Waals surface area (Å²) in [5.41, 5.74) is 3.70. The van der Waals surface area contributed by atoms with Crippen molar-refractivity contribution >= 4 is 18.3 Å². The molecule has 2 N–H and O–H groups in total. The molecule has 0 aliphatic carbocycles. The largest absolute Gasteiger partial charge is 0.383 e. The fourth-order valence-corrected chi connectivity index (χ4v) is 2.85. The normalized spacial score (nSPS) is 10.5. The number of carbonyl (C=O) groups excluding carboxylic acids is 1. The molecular weight excluding hydrogens is 407 g/mol. The van der Waals surface area contributed by atoms with E-state index in [-0.39, 0.29) is 24.1 Å². The lowest BCUT2D eigenvalue weighted by atomic mass is 10.1. The summed E-state index contributed by atoms with van der Waals surface area (Å²) in [5.74, 6) is -0.527. The monoisotopic (exact) mass is 432 g/mol. The molecular formula is C22H26ClFN4O2. The zero-order valence-electron chi connectivity index (χ0n) is 17.0. The number of benzene rings is 2. The minimum atomic E-state index is -0.321. The highest BCUT2D eigenvalue weighted by atomic mass is 35.5. The van der Waals surface area contributed by atoms with Crippen LogP contribution in [0.4, 0.5) is 4.39 Å². The number of rotatable bonds is 9. The van der Waals surface area contributed by atoms with Gasteiger partial charge in [-0.25, -0.2) is 9.07 Å². The van der Waals surface area contributed by atoms with Crippen molar-refractivity contribution in [2.75, 3.05) is 33.4 Å². The Hall–Kier alpha value is -2.74. The molecule has 3 aromatic rings. The molecule has 0 spiro atoms. The number of ether oxygens (including phenoxy) is 1. The van der Waals surface area contributed by atoms with Crippen LogP contribution in [-0.2, 0) is 4.74 Å². The van der Waals surface area contributed by atoms with Crippen molar-refractivity contribution in [3.8, 4) is 16.9 Å². The Morgan fingerprint density at radius 2 is 1.77 bits per heavy atom. The third-order valence-electron chi connectivity index (χ3n) is 4.45. The Kier molecular flexibility index (Phi) is 8.98. The van der Waals surface area contributed by atoms with Gasteiger partial charge in [0.05, 0.1) is 17.9 Å². The molecule has 6 nitrogen and oxygen atoms in total. The fraction of sp³-hybridized carbons (Fsp3) is 0.273. The van der Waals surface area contributed by atoms with Gasteiger partial charge in [0, 0.05) is 38.5 Å². The first-order valence-corrected chi connectivity index (χ1v) is 9.49. The molecule has 0 atom stereocenters. The third-order valence-corrected chi connectivity index (χ3v) is 4.45. The van der Waals surface area contributed by atoms with Crippen LogP contribution in [0, 0.1) is 12.7 Å². The van der Waals surface area contributed by atoms with Crippen LogP contribution in [0.1, 0.15) is 15.9 Å². The van der Waals surface area contributed by atoms with Gasteiger partial charge in [-0.05, 0) is 31.2 Å². The third kappa shape index (κ3) is 6.13. The van der Waals surface area contributed by atoms with Crippen LogP contribution in [0.25, 0.3) is 16.9 Å². The molecule has 0 saturated heterocycles. The number of amides is 1. The van der Waals surface area contributed by atoms with Crippen LogP contribution in [0.2, 0.25) is 0 Å². The Morgan fingerprint density at radius 1 is 1.07 bits per heavy atom. The summed E-state index contributed by atoms with van der Waals surface area (Å²) in [4.78, 5) is 12.8. The predicted molar refractivity (Wildman–Crippen MR) is 118 cm³/mol. The molecule has 30 heavy (non-hydrogen) atoms. The number of carbonyl (C=O) groups is 1. The number of hydrogen-bond donors (Lipinski definition) is 2. The minimum Gasteiger partial charge on any atom is -0.383 e. The standard InChI is InChI=1S/C22H25FN4O2.ClH/c1-16-3-5-17(6-4-16)21-20(22(28)25-12-11-24-13-14-29-2)15-27(26-21)19-9-7-18(23)8-10-19;/h3-10,15,24H,11-14H2,1-2H3,(H,25,28);1H. The van der Waals surface area contributed by atoms with Gasteiger partial charge >= 0.3 is 0 Å². The number of halogens is 2. The van der Waals surface area contributed by atoms with E-state index in [0.717, 1.165) is 17.7 Å². The lowest BCUT2D eigenvalue weighted by Gasteiger charge is -2.07. The molecule has 1 amide bonds. The van der Waals surface area contributed by atoms with Gasteiger partial charge in [-0.3, -0.25) is 4.79 Å². The molecule has 0 saturated carbocycles. The Morgan fingerprint density at radius 3 is 2.43 bits per heavy atom. The van der Waals surface area contributed by atoms with Gasteiger partial charge in [-0.2, -0.15) is 5.10 Å². The van der Waals surface area contributed by atoms with Gasteiger partial charge in [0.15, 0.2) is 0 Å². The molecule has 2 aromatic carbocycles. The van der Waals surface area contributed by atoms with Crippen molar-refractivity contribution in [3.05, 3.63) is 71.7 Å². The van der Waals surface area contributed by atoms with Crippen LogP contribution in [0.15, 0.2) is 54.7 Å². The summed E-state index contributed by atoms with van der Waals surface area (Å²) < 4.78 is 19.8. The van der Waals surface area contributed by atoms with E-state index in [1.54, 1.807) is 30.1 Å². The van der Waals surface area contributed by atoms with Crippen LogP contribution < -0.4 is 10.6 Å².